The molecule has 0 radical (unpaired) electrons. The Morgan fingerprint density at radius 1 is 1.43 bits per heavy atom. The van der Waals surface area contributed by atoms with Crippen LogP contribution in [0, 0.1) is 0 Å². The molecule has 0 aliphatic heterocycles. The fourth-order valence-electron chi connectivity index (χ4n) is 0. The average Bonchev–Trinajstić information content (AvgIpc) is 1.41. The van der Waals surface area contributed by atoms with Gasteiger partial charge in [-0.3, -0.25) is 0 Å². The van der Waals surface area contributed by atoms with Gasteiger partial charge in [0.1, 0.15) is 0 Å². The van der Waals surface area contributed by atoms with Gasteiger partial charge < -0.3 is 0 Å². The van der Waals surface area contributed by atoms with E-state index in [4.69, 9.17) is 11.4 Å². The third kappa shape index (κ3) is 66.1. The van der Waals surface area contributed by atoms with Crippen molar-refractivity contribution in [3.8, 4) is 0 Å². The zero-order chi connectivity index (χ0) is 5.58. The van der Waals surface area contributed by atoms with Gasteiger partial charge in [0.15, 0.2) is 0 Å². The first-order chi connectivity index (χ1) is 2.73. The van der Waals surface area contributed by atoms with Crippen LogP contribution in [0.1, 0.15) is 0 Å². The van der Waals surface area contributed by atoms with Crippen LogP contribution in [0.25, 0.3) is 0 Å². The van der Waals surface area contributed by atoms with Crippen molar-refractivity contribution in [2.24, 2.45) is 0 Å². The van der Waals surface area contributed by atoms with Crippen LogP contribution in [0.15, 0.2) is 0 Å². The first-order valence-electron chi connectivity index (χ1n) is 0.854. The molecule has 0 unspecified atom stereocenters. The van der Waals surface area contributed by atoms with E-state index in [2.05, 4.69) is 8.65 Å². The van der Waals surface area contributed by atoms with Gasteiger partial charge in [0.05, 0.1) is 0 Å². The summed E-state index contributed by atoms with van der Waals surface area (Å²) in [5.74, 6) is 0. The number of hydrogen-bond donors (Lipinski definition) is 1. The zero-order valence-electron chi connectivity index (χ0n) is 3.53. The Kier molecular flexibility index (Phi) is 36.1. The molecule has 0 aliphatic rings. The van der Waals surface area contributed by atoms with E-state index in [0.717, 1.165) is 23.7 Å². The molecule has 1 N–H and O–H groups in total. The molecule has 0 aromatic heterocycles. The maximum absolute atomic E-state index is 8.67. The quantitative estimate of drug-likeness (QED) is 0.459. The number of hydrogen-bond acceptors (Lipinski definition) is 3. The molecule has 0 saturated heterocycles. The molecule has 0 rings (SSSR count). The molecule has 3 nitrogen and oxygen atoms in total. The standard InChI is InChI=1S/Bi.Cd.H2O.2O.S.V.3H/h;;1H2;;;;;;;/q;;;;;;+1;;;/p-1. The molecule has 7 heavy (non-hydrogen) atoms. The topological polar surface area (TPSA) is 54.4 Å². The van der Waals surface area contributed by atoms with E-state index in [0.29, 0.717) is 0 Å². The van der Waals surface area contributed by atoms with E-state index in [1.807, 2.05) is 0 Å². The molecule has 0 aromatic rings. The summed E-state index contributed by atoms with van der Waals surface area (Å²) in [5, 5.41) is 0. The van der Waals surface area contributed by atoms with Crippen molar-refractivity contribution in [3.05, 3.63) is 0 Å². The van der Waals surface area contributed by atoms with Crippen molar-refractivity contribution in [3.63, 3.8) is 0 Å². The van der Waals surface area contributed by atoms with Gasteiger partial charge in [0.25, 0.3) is 0 Å². The second-order valence-corrected chi connectivity index (χ2v) is 0.981. The minimum absolute atomic E-state index is 0. The summed E-state index contributed by atoms with van der Waals surface area (Å²) in [6, 6.07) is 0. The Morgan fingerprint density at radius 2 is 1.43 bits per heavy atom. The predicted octanol–water partition coefficient (Wildman–Crippen LogP) is -1.34. The zero-order valence-corrected chi connectivity index (χ0v) is 15.3. The summed E-state index contributed by atoms with van der Waals surface area (Å²) in [6.45, 7) is 0. The normalized spacial score (nSPS) is 4.43. The van der Waals surface area contributed by atoms with Crippen molar-refractivity contribution in [2.75, 3.05) is 0 Å². The molecule has 0 atom stereocenters. The monoisotopic (exact) mass is 458 g/mol. The van der Waals surface area contributed by atoms with Crippen LogP contribution in [-0.2, 0) is 46.4 Å². The molecule has 0 spiro atoms. The fourth-order valence-corrected chi connectivity index (χ4v) is 0. The van der Waals surface area contributed by atoms with Gasteiger partial charge in [-0.1, -0.05) is 0 Å². The van der Waals surface area contributed by atoms with E-state index in [1.54, 1.807) is 0 Å². The molecule has 0 heterocycles. The molecule has 0 fully saturated rings. The molecule has 0 aliphatic carbocycles. The van der Waals surface area contributed by atoms with Crippen LogP contribution < -0.4 is 0 Å². The van der Waals surface area contributed by atoms with Crippen molar-refractivity contribution in [1.29, 1.82) is 0 Å². The second-order valence-electron chi connectivity index (χ2n) is 0.238. The first-order valence-corrected chi connectivity index (χ1v) is 8.14. The summed E-state index contributed by atoms with van der Waals surface area (Å²) in [6.07, 6.45) is 0. The third-order valence-electron chi connectivity index (χ3n) is 0. The molecule has 7 heteroatoms. The molecule has 40 valence electrons. The van der Waals surface area contributed by atoms with Gasteiger partial charge in [-0.05, 0) is 0 Å². The molecule has 0 aromatic carbocycles. The summed E-state index contributed by atoms with van der Waals surface area (Å²) < 4.78 is 24.4. The van der Waals surface area contributed by atoms with E-state index in [9.17, 15) is 0 Å². The van der Waals surface area contributed by atoms with Gasteiger partial charge >= 0.3 is 85.3 Å². The van der Waals surface area contributed by atoms with Crippen molar-refractivity contribution in [1.82, 2.24) is 0 Å². The molecular weight excluding hydrogens is 452 g/mol. The SMILES string of the molecule is [BiH3].[O]=[V](=[O])[OH].[S]=[Cd]. The van der Waals surface area contributed by atoms with Crippen LogP contribution in [0.3, 0.4) is 0 Å². The van der Waals surface area contributed by atoms with Crippen molar-refractivity contribution >= 4 is 34.8 Å². The average molecular weight is 456 g/mol. The van der Waals surface area contributed by atoms with E-state index >= 15 is 0 Å². The van der Waals surface area contributed by atoms with Gasteiger partial charge in [-0.25, -0.2) is 0 Å². The van der Waals surface area contributed by atoms with Gasteiger partial charge in [-0.2, -0.15) is 0 Å². The Bertz CT molecular complexity index is 73.0. The number of rotatable bonds is 0. The second kappa shape index (κ2) is 15.7. The minimum atomic E-state index is -3.69. The van der Waals surface area contributed by atoms with Crippen LogP contribution in [0.4, 0.5) is 0 Å². The van der Waals surface area contributed by atoms with Crippen molar-refractivity contribution in [2.45, 2.75) is 0 Å². The molecule has 0 amide bonds. The maximum atomic E-state index is 8.67. The van der Waals surface area contributed by atoms with Gasteiger partial charge in [-0.15, -0.1) is 0 Å². The van der Waals surface area contributed by atoms with Crippen LogP contribution in [0.5, 0.6) is 0 Å². The Labute approximate surface area is 83.9 Å². The van der Waals surface area contributed by atoms with E-state index < -0.39 is 15.4 Å². The van der Waals surface area contributed by atoms with E-state index in [-0.39, 0.29) is 26.2 Å². The molecular formula is H4BiCdO3SV. The van der Waals surface area contributed by atoms with Crippen LogP contribution in [-0.4, -0.2) is 30.2 Å². The fraction of sp³-hybridized carbons (Fsp3) is 0. The van der Waals surface area contributed by atoms with Gasteiger partial charge in [0, 0.05) is 0 Å². The molecule has 0 bridgehead atoms. The third-order valence-corrected chi connectivity index (χ3v) is 0. The summed E-state index contributed by atoms with van der Waals surface area (Å²) in [7, 11) is 4.25. The first kappa shape index (κ1) is 16.1. The van der Waals surface area contributed by atoms with Crippen molar-refractivity contribution < 1.29 is 50.5 Å². The Balaban J connectivity index is -0.0000000480. The van der Waals surface area contributed by atoms with Crippen LogP contribution >= 0.6 is 8.65 Å². The predicted molar refractivity (Wildman–Crippen MR) is 21.1 cm³/mol. The Hall–Kier alpha value is 2.17. The Morgan fingerprint density at radius 3 is 1.43 bits per heavy atom. The summed E-state index contributed by atoms with van der Waals surface area (Å²) in [4.78, 5) is 0. The van der Waals surface area contributed by atoms with Crippen LogP contribution in [0.2, 0.25) is 0 Å². The van der Waals surface area contributed by atoms with Gasteiger partial charge in [0.2, 0.25) is 0 Å². The summed E-state index contributed by atoms with van der Waals surface area (Å²) >= 11 is -2.95. The van der Waals surface area contributed by atoms with E-state index in [1.165, 1.54) is 0 Å². The molecule has 0 saturated carbocycles. The summed E-state index contributed by atoms with van der Waals surface area (Å²) in [5.41, 5.74) is 0.